The van der Waals surface area contributed by atoms with E-state index in [-0.39, 0.29) is 0 Å². The Morgan fingerprint density at radius 3 is 2.86 bits per heavy atom. The van der Waals surface area contributed by atoms with Gasteiger partial charge in [0.2, 0.25) is 0 Å². The van der Waals surface area contributed by atoms with Gasteiger partial charge in [-0.15, -0.1) is 0 Å². The van der Waals surface area contributed by atoms with Crippen molar-refractivity contribution in [2.24, 2.45) is 11.1 Å². The minimum atomic E-state index is 0.323. The molecular formula is C13H17N. The van der Waals surface area contributed by atoms with Gasteiger partial charge in [0.25, 0.3) is 0 Å². The van der Waals surface area contributed by atoms with Gasteiger partial charge < -0.3 is 5.73 Å². The fourth-order valence-corrected chi connectivity index (χ4v) is 2.78. The van der Waals surface area contributed by atoms with Crippen molar-refractivity contribution in [3.8, 4) is 0 Å². The van der Waals surface area contributed by atoms with Crippen LogP contribution in [-0.2, 0) is 12.8 Å². The number of rotatable bonds is 1. The van der Waals surface area contributed by atoms with Gasteiger partial charge in [-0.1, -0.05) is 25.1 Å². The minimum Gasteiger partial charge on any atom is -0.323 e. The fourth-order valence-electron chi connectivity index (χ4n) is 2.78. The monoisotopic (exact) mass is 187 g/mol. The number of hydrogen-bond acceptors (Lipinski definition) is 1. The summed E-state index contributed by atoms with van der Waals surface area (Å²) < 4.78 is 0. The third-order valence-corrected chi connectivity index (χ3v) is 4.05. The topological polar surface area (TPSA) is 26.0 Å². The average molecular weight is 187 g/mol. The standard InChI is InChI=1S/C13H17N/c1-2-9-3-4-10-8-13(5-6-13)12(14)11(10)7-9/h3-4,7,12H,2,5-6,8,14H2,1H3. The Morgan fingerprint density at radius 1 is 1.43 bits per heavy atom. The van der Waals surface area contributed by atoms with Crippen molar-refractivity contribution in [3.05, 3.63) is 34.9 Å². The van der Waals surface area contributed by atoms with Gasteiger partial charge in [-0.25, -0.2) is 0 Å². The molecule has 0 amide bonds. The van der Waals surface area contributed by atoms with Crippen molar-refractivity contribution < 1.29 is 0 Å². The maximum atomic E-state index is 6.31. The number of benzene rings is 1. The van der Waals surface area contributed by atoms with Crippen molar-refractivity contribution in [1.29, 1.82) is 0 Å². The third kappa shape index (κ3) is 0.992. The molecule has 0 radical (unpaired) electrons. The lowest BCUT2D eigenvalue weighted by Gasteiger charge is -2.13. The molecule has 0 heterocycles. The number of fused-ring (bicyclic) bond motifs is 1. The second-order valence-electron chi connectivity index (χ2n) is 4.90. The molecule has 0 bridgehead atoms. The minimum absolute atomic E-state index is 0.323. The molecule has 1 heteroatoms. The average Bonchev–Trinajstić information content (AvgIpc) is 2.92. The highest BCUT2D eigenvalue weighted by Crippen LogP contribution is 2.60. The first kappa shape index (κ1) is 8.49. The largest absolute Gasteiger partial charge is 0.323 e. The molecule has 1 aromatic carbocycles. The lowest BCUT2D eigenvalue weighted by atomic mass is 9.98. The molecule has 2 N–H and O–H groups in total. The third-order valence-electron chi connectivity index (χ3n) is 4.05. The molecule has 2 aliphatic carbocycles. The zero-order chi connectivity index (χ0) is 9.76. The van der Waals surface area contributed by atoms with E-state index in [4.69, 9.17) is 5.73 Å². The van der Waals surface area contributed by atoms with Crippen molar-refractivity contribution >= 4 is 0 Å². The predicted molar refractivity (Wildman–Crippen MR) is 58.1 cm³/mol. The molecule has 1 nitrogen and oxygen atoms in total. The molecule has 0 aliphatic heterocycles. The van der Waals surface area contributed by atoms with Crippen LogP contribution < -0.4 is 5.73 Å². The van der Waals surface area contributed by atoms with E-state index in [1.807, 2.05) is 0 Å². The van der Waals surface area contributed by atoms with Crippen LogP contribution in [0.15, 0.2) is 18.2 Å². The number of nitrogens with two attached hydrogens (primary N) is 1. The Bertz CT molecular complexity index is 377. The van der Waals surface area contributed by atoms with E-state index in [9.17, 15) is 0 Å². The van der Waals surface area contributed by atoms with E-state index in [0.29, 0.717) is 11.5 Å². The lowest BCUT2D eigenvalue weighted by Crippen LogP contribution is -2.17. The van der Waals surface area contributed by atoms with E-state index in [0.717, 1.165) is 6.42 Å². The zero-order valence-corrected chi connectivity index (χ0v) is 8.72. The van der Waals surface area contributed by atoms with E-state index < -0.39 is 0 Å². The van der Waals surface area contributed by atoms with E-state index >= 15 is 0 Å². The molecule has 74 valence electrons. The van der Waals surface area contributed by atoms with Crippen LogP contribution >= 0.6 is 0 Å². The predicted octanol–water partition coefficient (Wildman–Crippen LogP) is 2.59. The molecule has 0 saturated heterocycles. The van der Waals surface area contributed by atoms with Crippen LogP contribution in [0.4, 0.5) is 0 Å². The Balaban J connectivity index is 2.06. The zero-order valence-electron chi connectivity index (χ0n) is 8.72. The summed E-state index contributed by atoms with van der Waals surface area (Å²) in [7, 11) is 0. The Morgan fingerprint density at radius 2 is 2.21 bits per heavy atom. The molecule has 0 aromatic heterocycles. The lowest BCUT2D eigenvalue weighted by molar-refractivity contribution is 0.446. The summed E-state index contributed by atoms with van der Waals surface area (Å²) in [5, 5.41) is 0. The Labute approximate surface area is 85.3 Å². The van der Waals surface area contributed by atoms with Crippen LogP contribution in [0.3, 0.4) is 0 Å². The fraction of sp³-hybridized carbons (Fsp3) is 0.538. The smallest absolute Gasteiger partial charge is 0.0358 e. The van der Waals surface area contributed by atoms with Gasteiger partial charge in [0.15, 0.2) is 0 Å². The molecule has 3 rings (SSSR count). The van der Waals surface area contributed by atoms with Gasteiger partial charge in [0.1, 0.15) is 0 Å². The van der Waals surface area contributed by atoms with Crippen LogP contribution in [0.25, 0.3) is 0 Å². The Kier molecular flexibility index (Phi) is 1.58. The van der Waals surface area contributed by atoms with E-state index in [1.165, 1.54) is 36.0 Å². The SMILES string of the molecule is CCc1ccc2c(c1)C(N)C1(CC1)C2. The van der Waals surface area contributed by atoms with E-state index in [1.54, 1.807) is 0 Å². The first-order valence-electron chi connectivity index (χ1n) is 5.62. The summed E-state index contributed by atoms with van der Waals surface area (Å²) in [6.07, 6.45) is 5.02. The molecule has 1 atom stereocenters. The maximum absolute atomic E-state index is 6.31. The highest BCUT2D eigenvalue weighted by atomic mass is 14.8. The highest BCUT2D eigenvalue weighted by molar-refractivity contribution is 5.42. The van der Waals surface area contributed by atoms with Crippen LogP contribution in [0.2, 0.25) is 0 Å². The molecular weight excluding hydrogens is 170 g/mol. The second-order valence-corrected chi connectivity index (χ2v) is 4.90. The quantitative estimate of drug-likeness (QED) is 0.718. The second kappa shape index (κ2) is 2.60. The molecule has 1 aromatic rings. The van der Waals surface area contributed by atoms with Gasteiger partial charge in [-0.05, 0) is 47.8 Å². The molecule has 1 unspecified atom stereocenters. The molecule has 1 spiro atoms. The van der Waals surface area contributed by atoms with Gasteiger partial charge in [-0.3, -0.25) is 0 Å². The molecule has 1 fully saturated rings. The number of hydrogen-bond donors (Lipinski definition) is 1. The molecule has 1 saturated carbocycles. The van der Waals surface area contributed by atoms with Gasteiger partial charge in [-0.2, -0.15) is 0 Å². The van der Waals surface area contributed by atoms with Crippen molar-refractivity contribution in [2.75, 3.05) is 0 Å². The summed E-state index contributed by atoms with van der Waals surface area (Å²) >= 11 is 0. The first-order chi connectivity index (χ1) is 6.75. The summed E-state index contributed by atoms with van der Waals surface area (Å²) in [4.78, 5) is 0. The van der Waals surface area contributed by atoms with Gasteiger partial charge in [0.05, 0.1) is 0 Å². The number of aryl methyl sites for hydroxylation is 1. The first-order valence-corrected chi connectivity index (χ1v) is 5.62. The molecule has 2 aliphatic rings. The van der Waals surface area contributed by atoms with Gasteiger partial charge >= 0.3 is 0 Å². The van der Waals surface area contributed by atoms with Crippen molar-refractivity contribution in [1.82, 2.24) is 0 Å². The van der Waals surface area contributed by atoms with Crippen molar-refractivity contribution in [2.45, 2.75) is 38.6 Å². The Hall–Kier alpha value is -0.820. The van der Waals surface area contributed by atoms with Crippen LogP contribution in [0, 0.1) is 5.41 Å². The normalized spacial score (nSPS) is 26.6. The summed E-state index contributed by atoms with van der Waals surface area (Å²) in [6, 6.07) is 7.20. The summed E-state index contributed by atoms with van der Waals surface area (Å²) in [6.45, 7) is 2.20. The van der Waals surface area contributed by atoms with Gasteiger partial charge in [0, 0.05) is 6.04 Å². The van der Waals surface area contributed by atoms with Crippen molar-refractivity contribution in [3.63, 3.8) is 0 Å². The summed E-state index contributed by atoms with van der Waals surface area (Å²) in [5.74, 6) is 0. The van der Waals surface area contributed by atoms with Crippen LogP contribution in [0.1, 0.15) is 42.5 Å². The molecule has 14 heavy (non-hydrogen) atoms. The summed E-state index contributed by atoms with van der Waals surface area (Å²) in [5.41, 5.74) is 11.2. The van der Waals surface area contributed by atoms with Crippen LogP contribution in [-0.4, -0.2) is 0 Å². The van der Waals surface area contributed by atoms with E-state index in [2.05, 4.69) is 25.1 Å². The highest BCUT2D eigenvalue weighted by Gasteiger charge is 2.52. The van der Waals surface area contributed by atoms with Crippen LogP contribution in [0.5, 0.6) is 0 Å². The maximum Gasteiger partial charge on any atom is 0.0358 e.